The number of halogens is 1. The fraction of sp³-hybridized carbons (Fsp3) is 0.429. The Morgan fingerprint density at radius 1 is 1.32 bits per heavy atom. The molecule has 4 nitrogen and oxygen atoms in total. The van der Waals surface area contributed by atoms with Crippen LogP contribution in [-0.2, 0) is 4.79 Å². The first kappa shape index (κ1) is 14.1. The molecule has 0 bridgehead atoms. The summed E-state index contributed by atoms with van der Waals surface area (Å²) in [4.78, 5) is 24.0. The van der Waals surface area contributed by atoms with Crippen LogP contribution in [0.4, 0.5) is 0 Å². The Kier molecular flexibility index (Phi) is 3.94. The molecule has 1 aromatic rings. The topological polar surface area (TPSA) is 72.2 Å². The number of hydrogen-bond acceptors (Lipinski definition) is 2. The SMILES string of the molecule is Cc1c(Br)cccc1C(=O)NC1(C(N)=O)CCCC1. The minimum absolute atomic E-state index is 0.237. The quantitative estimate of drug-likeness (QED) is 0.895. The third-order valence-corrected chi connectivity index (χ3v) is 4.65. The van der Waals surface area contributed by atoms with Gasteiger partial charge in [0.1, 0.15) is 5.54 Å². The molecule has 0 atom stereocenters. The first-order chi connectivity index (χ1) is 8.96. The first-order valence-corrected chi connectivity index (χ1v) is 7.13. The van der Waals surface area contributed by atoms with Crippen molar-refractivity contribution >= 4 is 27.7 Å². The normalized spacial score (nSPS) is 17.2. The Balaban J connectivity index is 2.25. The summed E-state index contributed by atoms with van der Waals surface area (Å²) in [6.07, 6.45) is 3.09. The summed E-state index contributed by atoms with van der Waals surface area (Å²) in [5.74, 6) is -0.675. The summed E-state index contributed by atoms with van der Waals surface area (Å²) in [6.45, 7) is 1.87. The molecule has 0 radical (unpaired) electrons. The van der Waals surface area contributed by atoms with Gasteiger partial charge in [-0.2, -0.15) is 0 Å². The van der Waals surface area contributed by atoms with Crippen molar-refractivity contribution in [1.82, 2.24) is 5.32 Å². The van der Waals surface area contributed by atoms with Crippen LogP contribution in [0.2, 0.25) is 0 Å². The van der Waals surface area contributed by atoms with Crippen molar-refractivity contribution < 1.29 is 9.59 Å². The van der Waals surface area contributed by atoms with Gasteiger partial charge in [-0.05, 0) is 37.5 Å². The van der Waals surface area contributed by atoms with Gasteiger partial charge in [-0.3, -0.25) is 9.59 Å². The van der Waals surface area contributed by atoms with E-state index in [4.69, 9.17) is 5.73 Å². The van der Waals surface area contributed by atoms with Gasteiger partial charge in [0.15, 0.2) is 0 Å². The zero-order chi connectivity index (χ0) is 14.0. The molecule has 19 heavy (non-hydrogen) atoms. The number of carbonyl (C=O) groups excluding carboxylic acids is 2. The molecule has 1 saturated carbocycles. The van der Waals surface area contributed by atoms with Gasteiger partial charge >= 0.3 is 0 Å². The van der Waals surface area contributed by atoms with Crippen molar-refractivity contribution in [2.75, 3.05) is 0 Å². The fourth-order valence-corrected chi connectivity index (χ4v) is 2.92. The minimum atomic E-state index is -0.869. The number of nitrogens with two attached hydrogens (primary N) is 1. The lowest BCUT2D eigenvalue weighted by Gasteiger charge is -2.27. The van der Waals surface area contributed by atoms with Crippen LogP contribution in [0.25, 0.3) is 0 Å². The summed E-state index contributed by atoms with van der Waals surface area (Å²) >= 11 is 3.40. The lowest BCUT2D eigenvalue weighted by Crippen LogP contribution is -2.55. The summed E-state index contributed by atoms with van der Waals surface area (Å²) in [5.41, 5.74) is 6.03. The second kappa shape index (κ2) is 5.33. The Morgan fingerprint density at radius 3 is 2.53 bits per heavy atom. The number of hydrogen-bond donors (Lipinski definition) is 2. The lowest BCUT2D eigenvalue weighted by atomic mass is 9.95. The fourth-order valence-electron chi connectivity index (χ4n) is 2.55. The highest BCUT2D eigenvalue weighted by Gasteiger charge is 2.41. The Labute approximate surface area is 120 Å². The highest BCUT2D eigenvalue weighted by atomic mass is 79.9. The standard InChI is InChI=1S/C14H17BrN2O2/c1-9-10(5-4-6-11(9)15)12(18)17-14(13(16)19)7-2-3-8-14/h4-6H,2-3,7-8H2,1H3,(H2,16,19)(H,17,18). The molecule has 1 fully saturated rings. The molecule has 3 N–H and O–H groups in total. The number of nitrogens with one attached hydrogen (secondary N) is 1. The molecule has 2 amide bonds. The van der Waals surface area contributed by atoms with Gasteiger partial charge in [-0.15, -0.1) is 0 Å². The van der Waals surface area contributed by atoms with Crippen molar-refractivity contribution in [3.63, 3.8) is 0 Å². The smallest absolute Gasteiger partial charge is 0.252 e. The summed E-state index contributed by atoms with van der Waals surface area (Å²) < 4.78 is 0.875. The molecule has 5 heteroatoms. The van der Waals surface area contributed by atoms with Crippen LogP contribution in [0, 0.1) is 6.92 Å². The largest absolute Gasteiger partial charge is 0.368 e. The van der Waals surface area contributed by atoms with Crippen LogP contribution in [0.5, 0.6) is 0 Å². The Bertz CT molecular complexity index is 522. The van der Waals surface area contributed by atoms with Crippen LogP contribution >= 0.6 is 15.9 Å². The lowest BCUT2D eigenvalue weighted by molar-refractivity contribution is -0.123. The Hall–Kier alpha value is -1.36. The highest BCUT2D eigenvalue weighted by molar-refractivity contribution is 9.10. The first-order valence-electron chi connectivity index (χ1n) is 6.34. The van der Waals surface area contributed by atoms with E-state index in [-0.39, 0.29) is 5.91 Å². The van der Waals surface area contributed by atoms with E-state index >= 15 is 0 Å². The van der Waals surface area contributed by atoms with Crippen LogP contribution in [0.15, 0.2) is 22.7 Å². The number of primary amides is 1. The van der Waals surface area contributed by atoms with Crippen molar-refractivity contribution in [3.8, 4) is 0 Å². The molecular weight excluding hydrogens is 308 g/mol. The summed E-state index contributed by atoms with van der Waals surface area (Å²) in [6, 6.07) is 5.43. The maximum atomic E-state index is 12.3. The van der Waals surface area contributed by atoms with Gasteiger partial charge in [-0.25, -0.2) is 0 Å². The van der Waals surface area contributed by atoms with E-state index in [1.165, 1.54) is 0 Å². The van der Waals surface area contributed by atoms with Gasteiger partial charge in [0.25, 0.3) is 5.91 Å². The highest BCUT2D eigenvalue weighted by Crippen LogP contribution is 2.30. The van der Waals surface area contributed by atoms with Gasteiger partial charge in [0.05, 0.1) is 0 Å². The van der Waals surface area contributed by atoms with Gasteiger partial charge < -0.3 is 11.1 Å². The van der Waals surface area contributed by atoms with Crippen LogP contribution in [0.1, 0.15) is 41.6 Å². The molecule has 0 spiro atoms. The molecular formula is C14H17BrN2O2. The van der Waals surface area contributed by atoms with E-state index in [1.54, 1.807) is 12.1 Å². The molecule has 0 saturated heterocycles. The second-order valence-corrected chi connectivity index (χ2v) is 5.87. The molecule has 0 heterocycles. The molecule has 0 unspecified atom stereocenters. The van der Waals surface area contributed by atoms with Gasteiger partial charge in [-0.1, -0.05) is 34.8 Å². The summed E-state index contributed by atoms with van der Waals surface area (Å²) in [7, 11) is 0. The van der Waals surface area contributed by atoms with E-state index in [9.17, 15) is 9.59 Å². The number of benzene rings is 1. The number of amides is 2. The van der Waals surface area contributed by atoms with E-state index in [0.717, 1.165) is 22.9 Å². The Morgan fingerprint density at radius 2 is 1.95 bits per heavy atom. The molecule has 1 aliphatic rings. The van der Waals surface area contributed by atoms with Crippen molar-refractivity contribution in [2.24, 2.45) is 5.73 Å². The number of carbonyl (C=O) groups is 2. The van der Waals surface area contributed by atoms with Crippen molar-refractivity contribution in [1.29, 1.82) is 0 Å². The predicted molar refractivity (Wildman–Crippen MR) is 76.7 cm³/mol. The third-order valence-electron chi connectivity index (χ3n) is 3.79. The van der Waals surface area contributed by atoms with Crippen LogP contribution in [-0.4, -0.2) is 17.4 Å². The summed E-state index contributed by atoms with van der Waals surface area (Å²) in [5, 5.41) is 2.84. The van der Waals surface area contributed by atoms with E-state index in [1.807, 2.05) is 13.0 Å². The van der Waals surface area contributed by atoms with E-state index in [0.29, 0.717) is 18.4 Å². The molecule has 2 rings (SSSR count). The maximum Gasteiger partial charge on any atom is 0.252 e. The van der Waals surface area contributed by atoms with Gasteiger partial charge in [0, 0.05) is 10.0 Å². The molecule has 102 valence electrons. The van der Waals surface area contributed by atoms with E-state index < -0.39 is 11.4 Å². The van der Waals surface area contributed by atoms with Crippen LogP contribution in [0.3, 0.4) is 0 Å². The van der Waals surface area contributed by atoms with Crippen molar-refractivity contribution in [2.45, 2.75) is 38.1 Å². The molecule has 0 aliphatic heterocycles. The van der Waals surface area contributed by atoms with Crippen molar-refractivity contribution in [3.05, 3.63) is 33.8 Å². The zero-order valence-electron chi connectivity index (χ0n) is 10.8. The predicted octanol–water partition coefficient (Wildman–Crippen LogP) is 2.29. The average Bonchev–Trinajstić information content (AvgIpc) is 2.82. The molecule has 1 aliphatic carbocycles. The minimum Gasteiger partial charge on any atom is -0.368 e. The van der Waals surface area contributed by atoms with E-state index in [2.05, 4.69) is 21.2 Å². The van der Waals surface area contributed by atoms with Crippen LogP contribution < -0.4 is 11.1 Å². The monoisotopic (exact) mass is 324 g/mol. The molecule has 1 aromatic carbocycles. The third kappa shape index (κ3) is 2.66. The molecule has 0 aromatic heterocycles. The maximum absolute atomic E-state index is 12.3. The second-order valence-electron chi connectivity index (χ2n) is 5.02. The zero-order valence-corrected chi connectivity index (χ0v) is 12.4. The average molecular weight is 325 g/mol. The number of rotatable bonds is 3. The van der Waals surface area contributed by atoms with Gasteiger partial charge in [0.2, 0.25) is 5.91 Å².